The standard InChI is InChI=1S/C44H24N2O5/c47-41-35-15-7-8-16-36(35)42(48)45(41)33-23-25-39(31(27-33)21-19-29-11-3-1-4-12-29)51-40-26-24-34(28-32(40)22-20-30-13-5-2-6-14-30)46-43(49)37-17-9-10-18-38(37)44(46)50/h1-18,23-28H. The molecule has 240 valence electrons. The number of anilines is 2. The lowest BCUT2D eigenvalue weighted by molar-refractivity contribution is 0.0910. The molecule has 0 aliphatic carbocycles. The quantitative estimate of drug-likeness (QED) is 0.142. The number of hydrogen-bond acceptors (Lipinski definition) is 5. The summed E-state index contributed by atoms with van der Waals surface area (Å²) in [5, 5.41) is 0. The average Bonchev–Trinajstić information content (AvgIpc) is 3.58. The third kappa shape index (κ3) is 5.72. The van der Waals surface area contributed by atoms with Crippen LogP contribution in [0, 0.1) is 23.7 Å². The maximum atomic E-state index is 13.3. The van der Waals surface area contributed by atoms with E-state index in [1.165, 1.54) is 0 Å². The molecule has 0 radical (unpaired) electrons. The van der Waals surface area contributed by atoms with E-state index >= 15 is 0 Å². The van der Waals surface area contributed by atoms with Crippen molar-refractivity contribution in [2.75, 3.05) is 9.80 Å². The zero-order valence-electron chi connectivity index (χ0n) is 26.8. The predicted octanol–water partition coefficient (Wildman–Crippen LogP) is 7.88. The Morgan fingerprint density at radius 2 is 0.706 bits per heavy atom. The minimum absolute atomic E-state index is 0.333. The highest BCUT2D eigenvalue weighted by Crippen LogP contribution is 2.36. The third-order valence-electron chi connectivity index (χ3n) is 8.48. The molecule has 7 nitrogen and oxygen atoms in total. The second-order valence-corrected chi connectivity index (χ2v) is 11.7. The van der Waals surface area contributed by atoms with Crippen LogP contribution in [0.15, 0.2) is 146 Å². The summed E-state index contributed by atoms with van der Waals surface area (Å²) in [5.74, 6) is 11.6. The summed E-state index contributed by atoms with van der Waals surface area (Å²) in [4.78, 5) is 55.6. The van der Waals surface area contributed by atoms with Gasteiger partial charge in [-0.25, -0.2) is 9.80 Å². The summed E-state index contributed by atoms with van der Waals surface area (Å²) < 4.78 is 6.50. The highest BCUT2D eigenvalue weighted by molar-refractivity contribution is 6.35. The predicted molar refractivity (Wildman–Crippen MR) is 193 cm³/mol. The molecule has 0 aromatic heterocycles. The van der Waals surface area contributed by atoms with E-state index in [-0.39, 0.29) is 0 Å². The molecule has 0 spiro atoms. The zero-order chi connectivity index (χ0) is 34.9. The minimum atomic E-state index is -0.423. The SMILES string of the molecule is O=C1c2ccccc2C(=O)N1c1ccc(Oc2ccc(N3C(=O)c4ccccc4C3=O)cc2C#Cc2ccccc2)c(C#Cc2ccccc2)c1. The highest BCUT2D eigenvalue weighted by atomic mass is 16.5. The molecular weight excluding hydrogens is 636 g/mol. The molecule has 0 saturated carbocycles. The summed E-state index contributed by atoms with van der Waals surface area (Å²) in [6.45, 7) is 0. The fourth-order valence-corrected chi connectivity index (χ4v) is 5.98. The van der Waals surface area contributed by atoms with Gasteiger partial charge in [-0.15, -0.1) is 0 Å². The normalized spacial score (nSPS) is 12.9. The van der Waals surface area contributed by atoms with Gasteiger partial charge < -0.3 is 4.74 Å². The Morgan fingerprint density at radius 1 is 0.373 bits per heavy atom. The summed E-state index contributed by atoms with van der Waals surface area (Å²) in [5.41, 5.74) is 4.37. The third-order valence-corrected chi connectivity index (χ3v) is 8.48. The van der Waals surface area contributed by atoms with Gasteiger partial charge in [0, 0.05) is 11.1 Å². The van der Waals surface area contributed by atoms with Gasteiger partial charge in [0.05, 0.1) is 44.8 Å². The van der Waals surface area contributed by atoms with Crippen molar-refractivity contribution in [3.05, 3.63) is 190 Å². The summed E-state index contributed by atoms with van der Waals surface area (Å²) in [6.07, 6.45) is 0. The zero-order valence-corrected chi connectivity index (χ0v) is 26.8. The van der Waals surface area contributed by atoms with Crippen LogP contribution in [0.3, 0.4) is 0 Å². The van der Waals surface area contributed by atoms with Crippen molar-refractivity contribution >= 4 is 35.0 Å². The molecule has 0 N–H and O–H groups in total. The smallest absolute Gasteiger partial charge is 0.266 e. The molecule has 0 fully saturated rings. The van der Waals surface area contributed by atoms with Gasteiger partial charge in [-0.2, -0.15) is 0 Å². The Hall–Kier alpha value is -7.48. The van der Waals surface area contributed by atoms with Crippen LogP contribution in [0.1, 0.15) is 63.7 Å². The Kier molecular flexibility index (Phi) is 7.77. The van der Waals surface area contributed by atoms with E-state index < -0.39 is 23.6 Å². The largest absolute Gasteiger partial charge is 0.455 e. The van der Waals surface area contributed by atoms with Gasteiger partial charge >= 0.3 is 0 Å². The van der Waals surface area contributed by atoms with E-state index in [2.05, 4.69) is 23.7 Å². The molecular formula is C44H24N2O5. The van der Waals surface area contributed by atoms with Gasteiger partial charge in [-0.05, 0) is 84.9 Å². The van der Waals surface area contributed by atoms with Crippen LogP contribution in [0.4, 0.5) is 11.4 Å². The molecule has 8 rings (SSSR count). The molecule has 4 amide bonds. The molecule has 2 aliphatic rings. The van der Waals surface area contributed by atoms with Gasteiger partial charge in [-0.1, -0.05) is 84.3 Å². The number of fused-ring (bicyclic) bond motifs is 2. The molecule has 7 heteroatoms. The molecule has 2 aliphatic heterocycles. The number of amides is 4. The number of nitrogens with zero attached hydrogens (tertiary/aromatic N) is 2. The van der Waals surface area contributed by atoms with Gasteiger partial charge in [-0.3, -0.25) is 19.2 Å². The molecule has 0 bridgehead atoms. The molecule has 0 atom stereocenters. The van der Waals surface area contributed by atoms with Gasteiger partial charge in [0.2, 0.25) is 0 Å². The summed E-state index contributed by atoms with van der Waals surface area (Å²) in [7, 11) is 0. The number of ether oxygens (including phenoxy) is 1. The molecule has 51 heavy (non-hydrogen) atoms. The number of imide groups is 2. The van der Waals surface area contributed by atoms with Crippen LogP contribution in [0.25, 0.3) is 0 Å². The van der Waals surface area contributed by atoms with E-state index in [0.717, 1.165) is 20.9 Å². The molecule has 0 saturated heterocycles. The second-order valence-electron chi connectivity index (χ2n) is 11.7. The van der Waals surface area contributed by atoms with E-state index in [1.54, 1.807) is 84.9 Å². The molecule has 2 heterocycles. The molecule has 6 aromatic rings. The maximum Gasteiger partial charge on any atom is 0.266 e. The van der Waals surface area contributed by atoms with Crippen molar-refractivity contribution in [2.24, 2.45) is 0 Å². The van der Waals surface area contributed by atoms with E-state index in [1.807, 2.05) is 60.7 Å². The fraction of sp³-hybridized carbons (Fsp3) is 0. The van der Waals surface area contributed by atoms with Crippen LogP contribution >= 0.6 is 0 Å². The number of hydrogen-bond donors (Lipinski definition) is 0. The number of carbonyl (C=O) groups excluding carboxylic acids is 4. The number of benzene rings is 6. The summed E-state index contributed by atoms with van der Waals surface area (Å²) >= 11 is 0. The van der Waals surface area contributed by atoms with Crippen molar-refractivity contribution in [2.45, 2.75) is 0 Å². The van der Waals surface area contributed by atoms with Crippen molar-refractivity contribution in [1.82, 2.24) is 0 Å². The first kappa shape index (κ1) is 30.8. The lowest BCUT2D eigenvalue weighted by atomic mass is 10.1. The second kappa shape index (κ2) is 12.9. The minimum Gasteiger partial charge on any atom is -0.455 e. The monoisotopic (exact) mass is 660 g/mol. The lowest BCUT2D eigenvalue weighted by Crippen LogP contribution is -2.29. The average molecular weight is 661 g/mol. The van der Waals surface area contributed by atoms with Crippen molar-refractivity contribution in [1.29, 1.82) is 0 Å². The van der Waals surface area contributed by atoms with Crippen molar-refractivity contribution in [3.8, 4) is 35.2 Å². The first-order valence-electron chi connectivity index (χ1n) is 16.0. The highest BCUT2D eigenvalue weighted by Gasteiger charge is 2.38. The van der Waals surface area contributed by atoms with E-state index in [4.69, 9.17) is 4.74 Å². The Balaban J connectivity index is 1.21. The van der Waals surface area contributed by atoms with Gasteiger partial charge in [0.1, 0.15) is 11.5 Å². The van der Waals surface area contributed by atoms with Crippen molar-refractivity contribution < 1.29 is 23.9 Å². The Labute approximate surface area is 293 Å². The van der Waals surface area contributed by atoms with Crippen LogP contribution in [-0.2, 0) is 0 Å². The summed E-state index contributed by atoms with van der Waals surface area (Å²) in [6, 6.07) is 42.1. The topological polar surface area (TPSA) is 84.0 Å². The number of rotatable bonds is 4. The van der Waals surface area contributed by atoms with E-state index in [9.17, 15) is 19.2 Å². The van der Waals surface area contributed by atoms with Gasteiger partial charge in [0.25, 0.3) is 23.6 Å². The van der Waals surface area contributed by atoms with Crippen molar-refractivity contribution in [3.63, 3.8) is 0 Å². The first-order chi connectivity index (χ1) is 25.0. The van der Waals surface area contributed by atoms with Gasteiger partial charge in [0.15, 0.2) is 0 Å². The lowest BCUT2D eigenvalue weighted by Gasteiger charge is -2.18. The Bertz CT molecular complexity index is 2310. The van der Waals surface area contributed by atoms with Crippen LogP contribution in [0.5, 0.6) is 11.5 Å². The molecule has 6 aromatic carbocycles. The fourth-order valence-electron chi connectivity index (χ4n) is 5.98. The maximum absolute atomic E-state index is 13.3. The van der Waals surface area contributed by atoms with Crippen LogP contribution in [-0.4, -0.2) is 23.6 Å². The van der Waals surface area contributed by atoms with Crippen LogP contribution in [0.2, 0.25) is 0 Å². The Morgan fingerprint density at radius 3 is 1.06 bits per heavy atom. The van der Waals surface area contributed by atoms with Crippen LogP contribution < -0.4 is 14.5 Å². The van der Waals surface area contributed by atoms with E-state index in [0.29, 0.717) is 56.3 Å². The number of carbonyl (C=O) groups is 4. The molecule has 0 unspecified atom stereocenters. The first-order valence-corrected chi connectivity index (χ1v) is 16.0.